The van der Waals surface area contributed by atoms with Crippen LogP contribution in [0, 0.1) is 6.92 Å². The first-order chi connectivity index (χ1) is 24.6. The SMILES string of the molecule is CCOC(C)COCc1ccc([C@H]2C[C@H](CC(C)O)N(S(=O)(=O)c3ccc(C)cc3)C[C@@H]2OCc2ccc3c(c2)N(CCCOC)CCO3)cc1. The van der Waals surface area contributed by atoms with Gasteiger partial charge >= 0.3 is 0 Å². The van der Waals surface area contributed by atoms with Crippen molar-refractivity contribution in [2.24, 2.45) is 0 Å². The van der Waals surface area contributed by atoms with Gasteiger partial charge in [-0.05, 0) is 87.9 Å². The molecule has 0 radical (unpaired) electrons. The van der Waals surface area contributed by atoms with Crippen LogP contribution >= 0.6 is 0 Å². The molecule has 0 amide bonds. The molecule has 0 saturated carbocycles. The van der Waals surface area contributed by atoms with Crippen LogP contribution in [0.4, 0.5) is 5.69 Å². The Morgan fingerprint density at radius 3 is 2.45 bits per heavy atom. The fourth-order valence-electron chi connectivity index (χ4n) is 7.06. The standard InChI is InChI=1S/C40H56N2O8S/c1-6-48-31(4)26-47-27-32-10-13-34(14-11-32)37-24-35(22-30(3)43)42(51(44,45)36-15-8-29(2)9-16-36)25-40(37)50-28-33-12-17-39-38(23-33)41(19-21-49-39)18-7-20-46-5/h8-17,23,30-31,35,37,40,43H,6-7,18-22,24-28H2,1-5H3/t30?,31?,35-,37+,40-/m0/s1. The zero-order chi connectivity index (χ0) is 36.4. The maximum Gasteiger partial charge on any atom is 0.243 e. The number of aryl methyl sites for hydroxylation is 1. The van der Waals surface area contributed by atoms with Crippen LogP contribution in [0.3, 0.4) is 0 Å². The highest BCUT2D eigenvalue weighted by Crippen LogP contribution is 2.39. The van der Waals surface area contributed by atoms with Crippen LogP contribution < -0.4 is 9.64 Å². The van der Waals surface area contributed by atoms with Gasteiger partial charge in [0.15, 0.2) is 0 Å². The summed E-state index contributed by atoms with van der Waals surface area (Å²) in [5.74, 6) is 0.753. The highest BCUT2D eigenvalue weighted by atomic mass is 32.2. The molecule has 0 aliphatic carbocycles. The van der Waals surface area contributed by atoms with Crippen molar-refractivity contribution < 1.29 is 37.2 Å². The van der Waals surface area contributed by atoms with Gasteiger partial charge in [0.05, 0.1) is 55.3 Å². The third-order valence-electron chi connectivity index (χ3n) is 9.69. The van der Waals surface area contributed by atoms with Crippen molar-refractivity contribution in [2.75, 3.05) is 58.1 Å². The van der Waals surface area contributed by atoms with E-state index in [0.717, 1.165) is 53.2 Å². The first kappa shape index (κ1) is 39.2. The molecule has 2 heterocycles. The number of piperidine rings is 1. The van der Waals surface area contributed by atoms with Crippen molar-refractivity contribution in [3.05, 3.63) is 89.0 Å². The van der Waals surface area contributed by atoms with E-state index in [1.165, 1.54) is 0 Å². The summed E-state index contributed by atoms with van der Waals surface area (Å²) in [5.41, 5.74) is 5.12. The predicted molar refractivity (Wildman–Crippen MR) is 199 cm³/mol. The topological polar surface area (TPSA) is 107 Å². The van der Waals surface area contributed by atoms with Crippen molar-refractivity contribution in [3.8, 4) is 5.75 Å². The monoisotopic (exact) mass is 724 g/mol. The average molecular weight is 725 g/mol. The van der Waals surface area contributed by atoms with Crippen LogP contribution in [0.5, 0.6) is 5.75 Å². The molecule has 1 fully saturated rings. The number of nitrogens with zero attached hydrogens (tertiary/aromatic N) is 2. The second-order valence-corrected chi connectivity index (χ2v) is 15.7. The molecule has 10 nitrogen and oxygen atoms in total. The van der Waals surface area contributed by atoms with Gasteiger partial charge in [0.1, 0.15) is 12.4 Å². The number of methoxy groups -OCH3 is 1. The van der Waals surface area contributed by atoms with Crippen LogP contribution in [0.25, 0.3) is 0 Å². The number of ether oxygens (including phenoxy) is 5. The van der Waals surface area contributed by atoms with E-state index in [4.69, 9.17) is 23.7 Å². The second-order valence-electron chi connectivity index (χ2n) is 13.8. The Bertz CT molecular complexity index is 1620. The summed E-state index contributed by atoms with van der Waals surface area (Å²) in [7, 11) is -2.15. The van der Waals surface area contributed by atoms with Crippen LogP contribution in [0.2, 0.25) is 0 Å². The Balaban J connectivity index is 1.40. The molecule has 1 saturated heterocycles. The Kier molecular flexibility index (Phi) is 14.3. The Morgan fingerprint density at radius 2 is 1.75 bits per heavy atom. The zero-order valence-electron chi connectivity index (χ0n) is 30.8. The quantitative estimate of drug-likeness (QED) is 0.157. The van der Waals surface area contributed by atoms with Crippen molar-refractivity contribution in [3.63, 3.8) is 0 Å². The van der Waals surface area contributed by atoms with Crippen molar-refractivity contribution in [2.45, 2.75) is 95.3 Å². The van der Waals surface area contributed by atoms with Gasteiger partial charge in [-0.25, -0.2) is 8.42 Å². The number of aliphatic hydroxyl groups is 1. The van der Waals surface area contributed by atoms with Crippen molar-refractivity contribution >= 4 is 15.7 Å². The van der Waals surface area contributed by atoms with E-state index in [-0.39, 0.29) is 23.5 Å². The van der Waals surface area contributed by atoms with Crippen LogP contribution in [-0.4, -0.2) is 95.4 Å². The first-order valence-electron chi connectivity index (χ1n) is 18.2. The fraction of sp³-hybridized carbons (Fsp3) is 0.550. The lowest BCUT2D eigenvalue weighted by Crippen LogP contribution is -2.53. The Morgan fingerprint density at radius 1 is 1.00 bits per heavy atom. The van der Waals surface area contributed by atoms with Gasteiger partial charge < -0.3 is 33.7 Å². The highest BCUT2D eigenvalue weighted by molar-refractivity contribution is 7.89. The van der Waals surface area contributed by atoms with Crippen molar-refractivity contribution in [1.29, 1.82) is 0 Å². The number of hydrogen-bond donors (Lipinski definition) is 1. The van der Waals surface area contributed by atoms with Gasteiger partial charge in [-0.3, -0.25) is 0 Å². The molecule has 2 unspecified atom stereocenters. The lowest BCUT2D eigenvalue weighted by Gasteiger charge is -2.44. The van der Waals surface area contributed by atoms with Crippen molar-refractivity contribution in [1.82, 2.24) is 4.31 Å². The number of fused-ring (bicyclic) bond motifs is 1. The molecule has 11 heteroatoms. The van der Waals surface area contributed by atoms with E-state index in [9.17, 15) is 13.5 Å². The van der Waals surface area contributed by atoms with Gasteiger partial charge in [-0.15, -0.1) is 0 Å². The molecule has 3 aromatic carbocycles. The summed E-state index contributed by atoms with van der Waals surface area (Å²) in [4.78, 5) is 2.57. The summed E-state index contributed by atoms with van der Waals surface area (Å²) in [5, 5.41) is 10.6. The molecule has 0 aromatic heterocycles. The number of rotatable bonds is 18. The molecule has 2 aliphatic heterocycles. The minimum atomic E-state index is -3.87. The third kappa shape index (κ3) is 10.5. The van der Waals surface area contributed by atoms with Crippen LogP contribution in [-0.2, 0) is 42.2 Å². The zero-order valence-corrected chi connectivity index (χ0v) is 31.6. The minimum Gasteiger partial charge on any atom is -0.490 e. The third-order valence-corrected chi connectivity index (χ3v) is 11.6. The number of benzene rings is 3. The number of hydrogen-bond acceptors (Lipinski definition) is 9. The van der Waals surface area contributed by atoms with E-state index in [0.29, 0.717) is 52.5 Å². The summed E-state index contributed by atoms with van der Waals surface area (Å²) in [6.07, 6.45) is 0.661. The molecule has 280 valence electrons. The lowest BCUT2D eigenvalue weighted by atomic mass is 9.82. The Hall–Kier alpha value is -3.03. The van der Waals surface area contributed by atoms with Gasteiger partial charge in [-0.2, -0.15) is 4.31 Å². The average Bonchev–Trinajstić information content (AvgIpc) is 3.11. The van der Waals surface area contributed by atoms with E-state index in [2.05, 4.69) is 35.2 Å². The van der Waals surface area contributed by atoms with E-state index in [1.807, 2.05) is 45.0 Å². The molecule has 1 N–H and O–H groups in total. The molecular weight excluding hydrogens is 669 g/mol. The van der Waals surface area contributed by atoms with Gasteiger partial charge in [0, 0.05) is 45.4 Å². The number of aliphatic hydroxyl groups excluding tert-OH is 1. The van der Waals surface area contributed by atoms with Gasteiger partial charge in [0.25, 0.3) is 0 Å². The lowest BCUT2D eigenvalue weighted by molar-refractivity contribution is -0.0254. The maximum atomic E-state index is 14.2. The van der Waals surface area contributed by atoms with Crippen LogP contribution in [0.1, 0.15) is 68.2 Å². The smallest absolute Gasteiger partial charge is 0.243 e. The summed E-state index contributed by atoms with van der Waals surface area (Å²) in [6.45, 7) is 12.7. The normalized spacial score (nSPS) is 20.8. The van der Waals surface area contributed by atoms with Gasteiger partial charge in [0.2, 0.25) is 10.0 Å². The maximum absolute atomic E-state index is 14.2. The van der Waals surface area contributed by atoms with Crippen LogP contribution in [0.15, 0.2) is 71.6 Å². The van der Waals surface area contributed by atoms with E-state index < -0.39 is 28.3 Å². The number of sulfonamides is 1. The summed E-state index contributed by atoms with van der Waals surface area (Å²) in [6, 6.07) is 21.0. The fourth-order valence-corrected chi connectivity index (χ4v) is 8.72. The molecule has 2 aliphatic rings. The summed E-state index contributed by atoms with van der Waals surface area (Å²) >= 11 is 0. The highest BCUT2D eigenvalue weighted by Gasteiger charge is 2.43. The van der Waals surface area contributed by atoms with E-state index in [1.54, 1.807) is 30.5 Å². The molecule has 5 atom stereocenters. The molecule has 51 heavy (non-hydrogen) atoms. The molecule has 3 aromatic rings. The second kappa shape index (κ2) is 18.6. The molecule has 0 spiro atoms. The van der Waals surface area contributed by atoms with Gasteiger partial charge in [-0.1, -0.05) is 48.0 Å². The first-order valence-corrected chi connectivity index (χ1v) is 19.7. The molecule has 5 rings (SSSR count). The largest absolute Gasteiger partial charge is 0.490 e. The predicted octanol–water partition coefficient (Wildman–Crippen LogP) is 6.08. The molecular formula is C40H56N2O8S. The molecule has 0 bridgehead atoms. The van der Waals surface area contributed by atoms with E-state index >= 15 is 0 Å². The Labute approximate surface area is 304 Å². The minimum absolute atomic E-state index is 0.0285. The summed E-state index contributed by atoms with van der Waals surface area (Å²) < 4.78 is 59.5. The number of anilines is 1.